The number of carbonyl (C=O) groups is 3. The molecule has 0 bridgehead atoms. The van der Waals surface area contributed by atoms with E-state index >= 15 is 0 Å². The summed E-state index contributed by atoms with van der Waals surface area (Å²) in [5.74, 6) is 0.992. The summed E-state index contributed by atoms with van der Waals surface area (Å²) >= 11 is 0. The van der Waals surface area contributed by atoms with Crippen LogP contribution in [0.2, 0.25) is 0 Å². The number of nitrogens with two attached hydrogens (primary N) is 1. The van der Waals surface area contributed by atoms with Crippen LogP contribution in [0.5, 0.6) is 5.75 Å². The van der Waals surface area contributed by atoms with Gasteiger partial charge in [-0.2, -0.15) is 4.99 Å². The number of aromatic nitrogens is 3. The molecule has 2 amide bonds. The molecule has 12 nitrogen and oxygen atoms in total. The van der Waals surface area contributed by atoms with E-state index in [1.807, 2.05) is 50.6 Å². The second kappa shape index (κ2) is 13.1. The quantitative estimate of drug-likeness (QED) is 0.171. The van der Waals surface area contributed by atoms with Crippen LogP contribution in [0.25, 0.3) is 11.0 Å². The number of anilines is 1. The lowest BCUT2D eigenvalue weighted by molar-refractivity contribution is -0.140. The van der Waals surface area contributed by atoms with Crippen LogP contribution in [-0.2, 0) is 21.3 Å². The van der Waals surface area contributed by atoms with Crippen LogP contribution in [0.4, 0.5) is 10.6 Å². The van der Waals surface area contributed by atoms with Crippen LogP contribution in [0.3, 0.4) is 0 Å². The average Bonchev–Trinajstić information content (AvgIpc) is 3.32. The predicted molar refractivity (Wildman–Crippen MR) is 161 cm³/mol. The van der Waals surface area contributed by atoms with Crippen LogP contribution >= 0.6 is 0 Å². The van der Waals surface area contributed by atoms with E-state index in [1.165, 1.54) is 19.1 Å². The lowest BCUT2D eigenvalue weighted by Gasteiger charge is -2.21. The van der Waals surface area contributed by atoms with Crippen LogP contribution in [0.15, 0.2) is 59.7 Å². The fourth-order valence-corrected chi connectivity index (χ4v) is 4.86. The number of benzene rings is 2. The van der Waals surface area contributed by atoms with Crippen molar-refractivity contribution in [3.63, 3.8) is 0 Å². The third kappa shape index (κ3) is 6.80. The van der Waals surface area contributed by atoms with Gasteiger partial charge >= 0.3 is 12.1 Å². The molecule has 2 aromatic heterocycles. The monoisotopic (exact) mass is 586 g/mol. The second-order valence-electron chi connectivity index (χ2n) is 9.86. The third-order valence-corrected chi connectivity index (χ3v) is 6.93. The van der Waals surface area contributed by atoms with Crippen molar-refractivity contribution in [2.75, 3.05) is 25.7 Å². The Bertz CT molecular complexity index is 1670. The SMILES string of the molecule is COC(=O)CCN(C(=O)c1ccc2c(c1)nc(C(C)Oc1cc(C)c(/C(N)=N\C(=O)OC)c(C)c1)n2C)c1ccccn1. The minimum Gasteiger partial charge on any atom is -0.483 e. The Labute approximate surface area is 249 Å². The van der Waals surface area contributed by atoms with E-state index < -0.39 is 18.2 Å². The fourth-order valence-electron chi connectivity index (χ4n) is 4.86. The number of aliphatic imine (C=N–C) groups is 1. The highest BCUT2D eigenvalue weighted by atomic mass is 16.5. The molecule has 2 aromatic carbocycles. The minimum absolute atomic E-state index is 0.0221. The minimum atomic E-state index is -0.775. The summed E-state index contributed by atoms with van der Waals surface area (Å²) in [6.45, 7) is 5.70. The highest BCUT2D eigenvalue weighted by Crippen LogP contribution is 2.28. The first-order valence-corrected chi connectivity index (χ1v) is 13.5. The molecule has 0 spiro atoms. The molecule has 0 aliphatic carbocycles. The largest absolute Gasteiger partial charge is 0.483 e. The van der Waals surface area contributed by atoms with Crippen molar-refractivity contribution in [2.24, 2.45) is 17.8 Å². The van der Waals surface area contributed by atoms with Crippen molar-refractivity contribution in [1.82, 2.24) is 14.5 Å². The van der Waals surface area contributed by atoms with Gasteiger partial charge in [-0.15, -0.1) is 0 Å². The molecule has 1 atom stereocenters. The number of amidine groups is 1. The molecule has 4 rings (SSSR count). The molecule has 0 saturated carbocycles. The number of hydrogen-bond acceptors (Lipinski definition) is 8. The summed E-state index contributed by atoms with van der Waals surface area (Å²) in [4.78, 5) is 51.3. The Morgan fingerprint density at radius 3 is 2.40 bits per heavy atom. The zero-order valence-electron chi connectivity index (χ0n) is 25.0. The molecule has 43 heavy (non-hydrogen) atoms. The maximum absolute atomic E-state index is 13.6. The predicted octanol–water partition coefficient (Wildman–Crippen LogP) is 4.41. The van der Waals surface area contributed by atoms with Gasteiger partial charge in [0, 0.05) is 30.9 Å². The van der Waals surface area contributed by atoms with Crippen LogP contribution in [0, 0.1) is 13.8 Å². The number of hydrogen-bond donors (Lipinski definition) is 1. The number of methoxy groups -OCH3 is 2. The van der Waals surface area contributed by atoms with Gasteiger partial charge in [-0.05, 0) is 74.4 Å². The van der Waals surface area contributed by atoms with Gasteiger partial charge in [0.25, 0.3) is 5.91 Å². The zero-order chi connectivity index (χ0) is 31.3. The van der Waals surface area contributed by atoms with Gasteiger partial charge in [0.05, 0.1) is 31.7 Å². The Morgan fingerprint density at radius 2 is 1.77 bits per heavy atom. The second-order valence-corrected chi connectivity index (χ2v) is 9.86. The third-order valence-electron chi connectivity index (χ3n) is 6.93. The van der Waals surface area contributed by atoms with Crippen molar-refractivity contribution >= 4 is 40.7 Å². The first-order chi connectivity index (χ1) is 20.5. The van der Waals surface area contributed by atoms with Gasteiger partial charge in [-0.1, -0.05) is 6.07 Å². The van der Waals surface area contributed by atoms with Gasteiger partial charge in [0.15, 0.2) is 11.9 Å². The van der Waals surface area contributed by atoms with E-state index in [4.69, 9.17) is 20.2 Å². The molecule has 0 saturated heterocycles. The number of pyridine rings is 1. The van der Waals surface area contributed by atoms with Crippen molar-refractivity contribution in [3.05, 3.63) is 82.8 Å². The number of fused-ring (bicyclic) bond motifs is 1. The highest BCUT2D eigenvalue weighted by molar-refractivity contribution is 6.07. The molecule has 0 aliphatic rings. The topological polar surface area (TPSA) is 151 Å². The lowest BCUT2D eigenvalue weighted by atomic mass is 10.0. The first kappa shape index (κ1) is 30.7. The Balaban J connectivity index is 1.60. The van der Waals surface area contributed by atoms with E-state index in [9.17, 15) is 14.4 Å². The Hall–Kier alpha value is -5.26. The summed E-state index contributed by atoms with van der Waals surface area (Å²) in [7, 11) is 4.43. The van der Waals surface area contributed by atoms with Crippen molar-refractivity contribution in [3.8, 4) is 5.75 Å². The maximum atomic E-state index is 13.6. The maximum Gasteiger partial charge on any atom is 0.435 e. The normalized spacial score (nSPS) is 12.1. The molecule has 2 heterocycles. The molecule has 0 fully saturated rings. The van der Waals surface area contributed by atoms with Crippen LogP contribution < -0.4 is 15.4 Å². The van der Waals surface area contributed by atoms with Gasteiger partial charge in [0.1, 0.15) is 17.4 Å². The molecule has 0 radical (unpaired) electrons. The highest BCUT2D eigenvalue weighted by Gasteiger charge is 2.23. The van der Waals surface area contributed by atoms with E-state index in [1.54, 1.807) is 36.5 Å². The van der Waals surface area contributed by atoms with Gasteiger partial charge in [0.2, 0.25) is 0 Å². The number of ether oxygens (including phenoxy) is 3. The van der Waals surface area contributed by atoms with Crippen LogP contribution in [-0.4, -0.2) is 59.1 Å². The number of aryl methyl sites for hydroxylation is 3. The summed E-state index contributed by atoms with van der Waals surface area (Å²) < 4.78 is 17.5. The number of amides is 2. The van der Waals surface area contributed by atoms with Gasteiger partial charge < -0.3 is 24.5 Å². The van der Waals surface area contributed by atoms with Crippen molar-refractivity contribution in [2.45, 2.75) is 33.3 Å². The molecular formula is C31H34N6O6. The van der Waals surface area contributed by atoms with Crippen molar-refractivity contribution in [1.29, 1.82) is 0 Å². The summed E-state index contributed by atoms with van der Waals surface area (Å²) in [6, 6.07) is 14.1. The fraction of sp³-hybridized carbons (Fsp3) is 0.290. The molecular weight excluding hydrogens is 552 g/mol. The number of esters is 1. The molecule has 12 heteroatoms. The first-order valence-electron chi connectivity index (χ1n) is 13.5. The average molecular weight is 587 g/mol. The number of nitrogens with zero attached hydrogens (tertiary/aromatic N) is 5. The summed E-state index contributed by atoms with van der Waals surface area (Å²) in [6.07, 6.45) is 0.383. The lowest BCUT2D eigenvalue weighted by Crippen LogP contribution is -2.33. The Morgan fingerprint density at radius 1 is 1.05 bits per heavy atom. The standard InChI is InChI=1S/C31H34N6O6/c1-18-15-22(16-19(2)27(18)28(32)35-31(40)42-6)43-20(3)29-34-23-17-21(10-11-24(23)36(29)4)30(39)37(14-12-26(38)41-5)25-9-7-8-13-33-25/h7-11,13,15-17,20H,12,14H2,1-6H3,(H2,32,35,40). The van der Waals surface area contributed by atoms with E-state index in [2.05, 4.69) is 14.7 Å². The van der Waals surface area contributed by atoms with Crippen molar-refractivity contribution < 1.29 is 28.6 Å². The molecule has 224 valence electrons. The number of carbonyl (C=O) groups excluding carboxylic acids is 3. The molecule has 2 N–H and O–H groups in total. The number of imidazole rings is 1. The summed E-state index contributed by atoms with van der Waals surface area (Å²) in [5.41, 5.74) is 10.1. The van der Waals surface area contributed by atoms with E-state index in [-0.39, 0.29) is 24.7 Å². The van der Waals surface area contributed by atoms with Gasteiger partial charge in [-0.25, -0.2) is 14.8 Å². The zero-order valence-corrected chi connectivity index (χ0v) is 25.0. The Kier molecular flexibility index (Phi) is 9.39. The smallest absolute Gasteiger partial charge is 0.435 e. The van der Waals surface area contributed by atoms with Crippen LogP contribution in [0.1, 0.15) is 52.3 Å². The molecule has 4 aromatic rings. The molecule has 0 aliphatic heterocycles. The molecule has 1 unspecified atom stereocenters. The number of rotatable bonds is 9. The van der Waals surface area contributed by atoms with E-state index in [0.29, 0.717) is 34.0 Å². The van der Waals surface area contributed by atoms with Gasteiger partial charge in [-0.3, -0.25) is 14.5 Å². The summed E-state index contributed by atoms with van der Waals surface area (Å²) in [5, 5.41) is 0. The van der Waals surface area contributed by atoms with E-state index in [0.717, 1.165) is 16.6 Å².